The second-order valence-electron chi connectivity index (χ2n) is 8.89. The fraction of sp³-hybridized carbons (Fsp3) is 0.133. The van der Waals surface area contributed by atoms with Crippen LogP contribution in [0.25, 0.3) is 5.76 Å². The summed E-state index contributed by atoms with van der Waals surface area (Å²) in [6.07, 6.45) is 1.47. The van der Waals surface area contributed by atoms with E-state index >= 15 is 0 Å². The minimum Gasteiger partial charge on any atom is -0.507 e. The van der Waals surface area contributed by atoms with Gasteiger partial charge in [-0.15, -0.1) is 0 Å². The number of ether oxygens (including phenoxy) is 1. The lowest BCUT2D eigenvalue weighted by Crippen LogP contribution is -2.29. The standard InChI is InChI=1S/C30H26N2O5/c1-18-16-19(2)29(36-3)23(17-18)27(33)25-26(24-10-7-15-37-24)32(30(35)28(25)34)22-13-11-21(12-14-22)31-20-8-5-4-6-9-20/h4-17,26,31,33H,1-3H3/b27-25-. The Bertz CT molecular complexity index is 1490. The molecular weight excluding hydrogens is 468 g/mol. The molecule has 0 spiro atoms. The van der Waals surface area contributed by atoms with E-state index in [-0.39, 0.29) is 11.3 Å². The molecule has 3 aromatic carbocycles. The van der Waals surface area contributed by atoms with E-state index in [1.54, 1.807) is 30.3 Å². The van der Waals surface area contributed by atoms with Crippen LogP contribution in [-0.2, 0) is 9.59 Å². The largest absolute Gasteiger partial charge is 0.507 e. The summed E-state index contributed by atoms with van der Waals surface area (Å²) in [6, 6.07) is 22.9. The molecule has 186 valence electrons. The van der Waals surface area contributed by atoms with Crippen LogP contribution >= 0.6 is 0 Å². The van der Waals surface area contributed by atoms with Crippen molar-refractivity contribution < 1.29 is 23.8 Å². The first-order valence-corrected chi connectivity index (χ1v) is 11.8. The van der Waals surface area contributed by atoms with Crippen LogP contribution in [0.5, 0.6) is 5.75 Å². The van der Waals surface area contributed by atoms with Crippen LogP contribution in [0.15, 0.2) is 95.1 Å². The average molecular weight is 495 g/mol. The van der Waals surface area contributed by atoms with E-state index in [4.69, 9.17) is 9.15 Å². The van der Waals surface area contributed by atoms with Gasteiger partial charge in [0.05, 0.1) is 24.5 Å². The number of furan rings is 1. The summed E-state index contributed by atoms with van der Waals surface area (Å²) in [5, 5.41) is 14.8. The first kappa shape index (κ1) is 23.9. The Morgan fingerprint density at radius 1 is 0.946 bits per heavy atom. The third kappa shape index (κ3) is 4.36. The molecule has 0 radical (unpaired) electrons. The number of benzene rings is 3. The van der Waals surface area contributed by atoms with Gasteiger partial charge in [-0.1, -0.05) is 24.3 Å². The van der Waals surface area contributed by atoms with Crippen molar-refractivity contribution in [1.82, 2.24) is 0 Å². The zero-order valence-corrected chi connectivity index (χ0v) is 20.7. The summed E-state index contributed by atoms with van der Waals surface area (Å²) < 4.78 is 11.2. The SMILES string of the molecule is COc1c(C)cc(C)cc1/C(O)=C1/C(=O)C(=O)N(c2ccc(Nc3ccccc3)cc2)C1c1ccco1. The molecule has 1 aliphatic rings. The minimum absolute atomic E-state index is 0.0604. The van der Waals surface area contributed by atoms with Gasteiger partial charge in [-0.05, 0) is 79.6 Å². The predicted molar refractivity (Wildman–Crippen MR) is 142 cm³/mol. The third-order valence-electron chi connectivity index (χ3n) is 6.34. The lowest BCUT2D eigenvalue weighted by molar-refractivity contribution is -0.132. The van der Waals surface area contributed by atoms with Gasteiger partial charge in [-0.2, -0.15) is 0 Å². The van der Waals surface area contributed by atoms with Gasteiger partial charge in [0.15, 0.2) is 0 Å². The molecule has 2 heterocycles. The monoisotopic (exact) mass is 494 g/mol. The maximum absolute atomic E-state index is 13.4. The molecule has 0 saturated carbocycles. The van der Waals surface area contributed by atoms with Crippen molar-refractivity contribution in [3.05, 3.63) is 113 Å². The molecule has 5 rings (SSSR count). The van der Waals surface area contributed by atoms with Gasteiger partial charge >= 0.3 is 0 Å². The molecule has 1 amide bonds. The zero-order valence-electron chi connectivity index (χ0n) is 20.7. The van der Waals surface area contributed by atoms with Crippen LogP contribution in [0, 0.1) is 13.8 Å². The number of para-hydroxylation sites is 1. The first-order valence-electron chi connectivity index (χ1n) is 11.8. The predicted octanol–water partition coefficient (Wildman–Crippen LogP) is 6.27. The number of aliphatic hydroxyl groups is 1. The molecule has 1 saturated heterocycles. The Hall–Kier alpha value is -4.78. The Kier molecular flexibility index (Phi) is 6.27. The molecule has 1 atom stereocenters. The number of hydrogen-bond donors (Lipinski definition) is 2. The van der Waals surface area contributed by atoms with Crippen molar-refractivity contribution >= 4 is 34.5 Å². The highest BCUT2D eigenvalue weighted by Gasteiger charge is 2.48. The van der Waals surface area contributed by atoms with Gasteiger partial charge in [0.2, 0.25) is 0 Å². The van der Waals surface area contributed by atoms with E-state index in [0.717, 1.165) is 22.5 Å². The summed E-state index contributed by atoms with van der Waals surface area (Å²) in [5.41, 5.74) is 4.20. The quantitative estimate of drug-likeness (QED) is 0.186. The smallest absolute Gasteiger partial charge is 0.300 e. The molecule has 0 bridgehead atoms. The number of nitrogens with zero attached hydrogens (tertiary/aromatic N) is 1. The van der Waals surface area contributed by atoms with Gasteiger partial charge in [0, 0.05) is 17.1 Å². The molecule has 2 N–H and O–H groups in total. The van der Waals surface area contributed by atoms with Crippen molar-refractivity contribution in [2.24, 2.45) is 0 Å². The van der Waals surface area contributed by atoms with Crippen LogP contribution in [-0.4, -0.2) is 23.9 Å². The normalized spacial score (nSPS) is 16.7. The van der Waals surface area contributed by atoms with Crippen LogP contribution in [0.4, 0.5) is 17.1 Å². The molecule has 1 aromatic heterocycles. The number of nitrogens with one attached hydrogen (secondary N) is 1. The molecule has 7 heteroatoms. The number of methoxy groups -OCH3 is 1. The van der Waals surface area contributed by atoms with Gasteiger partial charge in [-0.3, -0.25) is 14.5 Å². The zero-order chi connectivity index (χ0) is 26.1. The topological polar surface area (TPSA) is 92.0 Å². The summed E-state index contributed by atoms with van der Waals surface area (Å²) >= 11 is 0. The van der Waals surface area contributed by atoms with E-state index in [9.17, 15) is 14.7 Å². The van der Waals surface area contributed by atoms with Crippen LogP contribution in [0.3, 0.4) is 0 Å². The second kappa shape index (κ2) is 9.70. The highest BCUT2D eigenvalue weighted by molar-refractivity contribution is 6.51. The summed E-state index contributed by atoms with van der Waals surface area (Å²) in [4.78, 5) is 28.1. The van der Waals surface area contributed by atoms with Crippen LogP contribution in [0.2, 0.25) is 0 Å². The second-order valence-corrected chi connectivity index (χ2v) is 8.89. The van der Waals surface area contributed by atoms with Crippen molar-refractivity contribution in [2.45, 2.75) is 19.9 Å². The van der Waals surface area contributed by atoms with E-state index < -0.39 is 17.7 Å². The Morgan fingerprint density at radius 2 is 1.65 bits per heavy atom. The molecule has 1 fully saturated rings. The maximum Gasteiger partial charge on any atom is 0.300 e. The van der Waals surface area contributed by atoms with Crippen LogP contribution in [0.1, 0.15) is 28.5 Å². The Labute approximate surface area is 214 Å². The van der Waals surface area contributed by atoms with E-state index in [1.165, 1.54) is 18.3 Å². The van der Waals surface area contributed by atoms with Crippen molar-refractivity contribution in [3.63, 3.8) is 0 Å². The molecule has 37 heavy (non-hydrogen) atoms. The third-order valence-corrected chi connectivity index (χ3v) is 6.34. The number of amides is 1. The average Bonchev–Trinajstić information content (AvgIpc) is 3.51. The summed E-state index contributed by atoms with van der Waals surface area (Å²) in [7, 11) is 1.50. The Balaban J connectivity index is 1.60. The molecule has 0 aliphatic carbocycles. The van der Waals surface area contributed by atoms with E-state index in [0.29, 0.717) is 22.8 Å². The summed E-state index contributed by atoms with van der Waals surface area (Å²) in [5.74, 6) is -1.07. The van der Waals surface area contributed by atoms with Crippen molar-refractivity contribution in [1.29, 1.82) is 0 Å². The number of aliphatic hydroxyl groups excluding tert-OH is 1. The van der Waals surface area contributed by atoms with Gasteiger partial charge < -0.3 is 19.6 Å². The van der Waals surface area contributed by atoms with Crippen molar-refractivity contribution in [2.75, 3.05) is 17.3 Å². The molecule has 1 unspecified atom stereocenters. The highest BCUT2D eigenvalue weighted by Crippen LogP contribution is 2.44. The number of carbonyl (C=O) groups is 2. The number of anilines is 3. The fourth-order valence-corrected chi connectivity index (χ4v) is 4.75. The fourth-order valence-electron chi connectivity index (χ4n) is 4.75. The Morgan fingerprint density at radius 3 is 2.30 bits per heavy atom. The van der Waals surface area contributed by atoms with Gasteiger partial charge in [-0.25, -0.2) is 0 Å². The van der Waals surface area contributed by atoms with Crippen LogP contribution < -0.4 is 15.0 Å². The molecule has 7 nitrogen and oxygen atoms in total. The van der Waals surface area contributed by atoms with Crippen molar-refractivity contribution in [3.8, 4) is 5.75 Å². The van der Waals surface area contributed by atoms with Gasteiger partial charge in [0.1, 0.15) is 23.3 Å². The van der Waals surface area contributed by atoms with Gasteiger partial charge in [0.25, 0.3) is 11.7 Å². The molecule has 4 aromatic rings. The first-order chi connectivity index (χ1) is 17.9. The minimum atomic E-state index is -0.951. The molecule has 1 aliphatic heterocycles. The number of rotatable bonds is 6. The highest BCUT2D eigenvalue weighted by atomic mass is 16.5. The molecular formula is C30H26N2O5. The lowest BCUT2D eigenvalue weighted by Gasteiger charge is -2.24. The number of hydrogen-bond acceptors (Lipinski definition) is 6. The van der Waals surface area contributed by atoms with E-state index in [2.05, 4.69) is 5.32 Å². The lowest BCUT2D eigenvalue weighted by atomic mass is 9.96. The van der Waals surface area contributed by atoms with E-state index in [1.807, 2.05) is 62.4 Å². The number of carbonyl (C=O) groups excluding carboxylic acids is 2. The maximum atomic E-state index is 13.4. The summed E-state index contributed by atoms with van der Waals surface area (Å²) in [6.45, 7) is 3.74. The number of Topliss-reactive ketones (excluding diaryl/α,β-unsaturated/α-hetero) is 1. The number of ketones is 1. The number of aryl methyl sites for hydroxylation is 2.